The summed E-state index contributed by atoms with van der Waals surface area (Å²) in [6.07, 6.45) is -1.46. The number of ether oxygens (including phenoxy) is 3. The predicted molar refractivity (Wildman–Crippen MR) is 136 cm³/mol. The number of hydrogen-bond donors (Lipinski definition) is 1. The van der Waals surface area contributed by atoms with E-state index < -0.39 is 22.8 Å². The maximum absolute atomic E-state index is 15.0. The zero-order chi connectivity index (χ0) is 28.5. The molecule has 0 spiro atoms. The van der Waals surface area contributed by atoms with Gasteiger partial charge >= 0.3 is 6.18 Å². The van der Waals surface area contributed by atoms with Gasteiger partial charge < -0.3 is 24.5 Å². The minimum absolute atomic E-state index is 0.0605. The van der Waals surface area contributed by atoms with Crippen molar-refractivity contribution in [1.29, 1.82) is 0 Å². The summed E-state index contributed by atoms with van der Waals surface area (Å²) in [5.41, 5.74) is 6.19. The fraction of sp³-hybridized carbons (Fsp3) is 0.360. The molecule has 1 aliphatic rings. The van der Waals surface area contributed by atoms with Gasteiger partial charge in [0.1, 0.15) is 29.0 Å². The van der Waals surface area contributed by atoms with Crippen LogP contribution in [0.5, 0.6) is 11.6 Å². The van der Waals surface area contributed by atoms with Crippen LogP contribution in [-0.4, -0.2) is 46.5 Å². The summed E-state index contributed by atoms with van der Waals surface area (Å²) in [6.45, 7) is -0.144. The lowest BCUT2D eigenvalue weighted by Gasteiger charge is -2.15. The van der Waals surface area contributed by atoms with E-state index in [2.05, 4.69) is 19.9 Å². The van der Waals surface area contributed by atoms with Crippen molar-refractivity contribution in [3.8, 4) is 23.0 Å². The van der Waals surface area contributed by atoms with Gasteiger partial charge in [-0.2, -0.15) is 18.2 Å². The van der Waals surface area contributed by atoms with Gasteiger partial charge in [-0.1, -0.05) is 17.7 Å². The van der Waals surface area contributed by atoms with E-state index in [-0.39, 0.29) is 47.2 Å². The second-order valence-corrected chi connectivity index (χ2v) is 8.99. The van der Waals surface area contributed by atoms with Crippen LogP contribution in [0.25, 0.3) is 17.0 Å². The summed E-state index contributed by atoms with van der Waals surface area (Å²) in [5, 5.41) is -0.642. The second-order valence-electron chi connectivity index (χ2n) is 8.63. The fourth-order valence-corrected chi connectivity index (χ4v) is 4.14. The van der Waals surface area contributed by atoms with Crippen LogP contribution in [0.2, 0.25) is 5.15 Å². The topological polar surface area (TPSA) is 110 Å². The number of aromatic nitrogens is 4. The molecule has 1 saturated carbocycles. The highest BCUT2D eigenvalue weighted by atomic mass is 35.5. The lowest BCUT2D eigenvalue weighted by molar-refractivity contribution is -0.140. The summed E-state index contributed by atoms with van der Waals surface area (Å²) >= 11 is 5.78. The molecule has 0 saturated heterocycles. The standard InChI is InChI=1S/C25H25ClF4N6O3/c1-32-18(13-6-7-13)17(21(31)38-4)22-33-10-16(37-3)24(35-22)39-11-12-5-8-14(15(27)9-12)23-34-19(25(28,29)30)20(26)36(23)2/h5,8-10,13H,6-7,11,31H2,1-4H3. The highest BCUT2D eigenvalue weighted by Gasteiger charge is 2.38. The Bertz CT molecular complexity index is 1450. The van der Waals surface area contributed by atoms with E-state index in [1.807, 2.05) is 0 Å². The molecule has 0 aliphatic heterocycles. The summed E-state index contributed by atoms with van der Waals surface area (Å²) in [4.78, 5) is 16.7. The molecular weight excluding hydrogens is 544 g/mol. The van der Waals surface area contributed by atoms with Crippen LogP contribution in [0, 0.1) is 11.7 Å². The quantitative estimate of drug-likeness (QED) is 0.219. The van der Waals surface area contributed by atoms with E-state index in [1.54, 1.807) is 7.05 Å². The van der Waals surface area contributed by atoms with Crippen molar-refractivity contribution in [1.82, 2.24) is 19.5 Å². The van der Waals surface area contributed by atoms with Crippen molar-refractivity contribution < 1.29 is 31.8 Å². The van der Waals surface area contributed by atoms with Gasteiger partial charge in [0.05, 0.1) is 31.7 Å². The van der Waals surface area contributed by atoms with Crippen LogP contribution >= 0.6 is 11.6 Å². The number of nitrogens with zero attached hydrogens (tertiary/aromatic N) is 5. The molecule has 9 nitrogen and oxygen atoms in total. The second kappa shape index (κ2) is 11.1. The number of aliphatic imine (C=N–C) groups is 1. The van der Waals surface area contributed by atoms with Crippen molar-refractivity contribution in [2.24, 2.45) is 23.7 Å². The highest BCUT2D eigenvalue weighted by molar-refractivity contribution is 6.30. The zero-order valence-corrected chi connectivity index (χ0v) is 22.2. The maximum atomic E-state index is 15.0. The van der Waals surface area contributed by atoms with Crippen molar-refractivity contribution in [2.45, 2.75) is 25.6 Å². The smallest absolute Gasteiger partial charge is 0.436 e. The first-order valence-electron chi connectivity index (χ1n) is 11.6. The SMILES string of the molecule is CN=C(C(=C(N)OC)c1ncc(OC)c(OCc2ccc(-c3nc(C(F)(F)F)c(Cl)n3C)c(F)c2)n1)C1CC1. The van der Waals surface area contributed by atoms with Crippen LogP contribution in [-0.2, 0) is 24.6 Å². The molecule has 0 bridgehead atoms. The summed E-state index contributed by atoms with van der Waals surface area (Å²) in [6, 6.07) is 3.92. The molecule has 0 atom stereocenters. The molecule has 2 aromatic heterocycles. The van der Waals surface area contributed by atoms with Gasteiger partial charge in [0.25, 0.3) is 5.88 Å². The molecule has 2 heterocycles. The number of halogens is 5. The third-order valence-electron chi connectivity index (χ3n) is 6.04. The lowest BCUT2D eigenvalue weighted by atomic mass is 10.1. The molecule has 1 fully saturated rings. The van der Waals surface area contributed by atoms with Crippen LogP contribution in [0.4, 0.5) is 17.6 Å². The Morgan fingerprint density at radius 2 is 1.95 bits per heavy atom. The number of methoxy groups -OCH3 is 2. The van der Waals surface area contributed by atoms with E-state index in [9.17, 15) is 13.2 Å². The normalized spacial score (nSPS) is 14.7. The van der Waals surface area contributed by atoms with E-state index in [0.29, 0.717) is 16.8 Å². The molecular formula is C25H25ClF4N6O3. The minimum Gasteiger partial charge on any atom is -0.490 e. The Morgan fingerprint density at radius 3 is 2.49 bits per heavy atom. The molecule has 0 amide bonds. The Balaban J connectivity index is 1.61. The Morgan fingerprint density at radius 1 is 1.23 bits per heavy atom. The van der Waals surface area contributed by atoms with Crippen LogP contribution in [0.15, 0.2) is 35.3 Å². The van der Waals surface area contributed by atoms with Crippen molar-refractivity contribution in [3.63, 3.8) is 0 Å². The monoisotopic (exact) mass is 568 g/mol. The van der Waals surface area contributed by atoms with Gasteiger partial charge in [-0.3, -0.25) is 4.99 Å². The average molecular weight is 569 g/mol. The molecule has 3 aromatic rings. The Kier molecular flexibility index (Phi) is 8.00. The maximum Gasteiger partial charge on any atom is 0.436 e. The van der Waals surface area contributed by atoms with E-state index in [0.717, 1.165) is 23.5 Å². The first-order valence-corrected chi connectivity index (χ1v) is 12.0. The number of alkyl halides is 3. The molecule has 0 radical (unpaired) electrons. The van der Waals surface area contributed by atoms with Crippen LogP contribution in [0.3, 0.4) is 0 Å². The summed E-state index contributed by atoms with van der Waals surface area (Å²) in [7, 11) is 5.76. The number of rotatable bonds is 9. The van der Waals surface area contributed by atoms with Crippen molar-refractivity contribution >= 4 is 22.9 Å². The van der Waals surface area contributed by atoms with Crippen molar-refractivity contribution in [2.75, 3.05) is 21.3 Å². The van der Waals surface area contributed by atoms with Gasteiger partial charge in [-0.05, 0) is 30.5 Å². The van der Waals surface area contributed by atoms with Gasteiger partial charge in [-0.25, -0.2) is 14.4 Å². The molecule has 208 valence electrons. The van der Waals surface area contributed by atoms with Crippen LogP contribution < -0.4 is 15.2 Å². The van der Waals surface area contributed by atoms with Crippen LogP contribution in [0.1, 0.15) is 29.9 Å². The highest BCUT2D eigenvalue weighted by Crippen LogP contribution is 2.38. The molecule has 39 heavy (non-hydrogen) atoms. The molecule has 2 N–H and O–H groups in total. The number of nitrogens with two attached hydrogens (primary N) is 1. The Hall–Kier alpha value is -3.87. The van der Waals surface area contributed by atoms with E-state index in [1.165, 1.54) is 39.6 Å². The van der Waals surface area contributed by atoms with Gasteiger partial charge in [0.2, 0.25) is 0 Å². The number of imidazole rings is 1. The molecule has 14 heteroatoms. The largest absolute Gasteiger partial charge is 0.490 e. The first kappa shape index (κ1) is 28.1. The predicted octanol–water partition coefficient (Wildman–Crippen LogP) is 5.03. The number of allylic oxidation sites excluding steroid dienone is 1. The molecule has 1 aliphatic carbocycles. The number of hydrogen-bond acceptors (Lipinski definition) is 8. The summed E-state index contributed by atoms with van der Waals surface area (Å²) in [5.74, 6) is -0.267. The van der Waals surface area contributed by atoms with E-state index >= 15 is 4.39 Å². The average Bonchev–Trinajstić information content (AvgIpc) is 3.70. The first-order chi connectivity index (χ1) is 18.5. The fourth-order valence-electron chi connectivity index (χ4n) is 3.91. The summed E-state index contributed by atoms with van der Waals surface area (Å²) < 4.78 is 71.9. The minimum atomic E-state index is -4.78. The lowest BCUT2D eigenvalue weighted by Crippen LogP contribution is -2.16. The molecule has 1 aromatic carbocycles. The van der Waals surface area contributed by atoms with Gasteiger partial charge in [-0.15, -0.1) is 0 Å². The molecule has 4 rings (SSSR count). The third kappa shape index (κ3) is 5.77. The van der Waals surface area contributed by atoms with E-state index in [4.69, 9.17) is 31.5 Å². The van der Waals surface area contributed by atoms with Gasteiger partial charge in [0, 0.05) is 20.0 Å². The van der Waals surface area contributed by atoms with Crippen molar-refractivity contribution in [3.05, 3.63) is 58.3 Å². The Labute approximate surface area is 226 Å². The zero-order valence-electron chi connectivity index (χ0n) is 21.4. The molecule has 0 unspecified atom stereocenters. The third-order valence-corrected chi connectivity index (χ3v) is 6.47. The number of benzene rings is 1. The van der Waals surface area contributed by atoms with Gasteiger partial charge in [0.15, 0.2) is 23.2 Å².